The van der Waals surface area contributed by atoms with Gasteiger partial charge in [0.1, 0.15) is 5.75 Å². The van der Waals surface area contributed by atoms with Gasteiger partial charge >= 0.3 is 5.97 Å². The number of hydrogen-bond donors (Lipinski definition) is 2. The van der Waals surface area contributed by atoms with E-state index in [2.05, 4.69) is 21.2 Å². The first kappa shape index (κ1) is 18.0. The number of aliphatic carboxylic acids is 1. The van der Waals surface area contributed by atoms with E-state index in [1.54, 1.807) is 18.2 Å². The number of nitrogens with one attached hydrogen (secondary N) is 1. The van der Waals surface area contributed by atoms with E-state index in [9.17, 15) is 19.5 Å². The zero-order chi connectivity index (χ0) is 16.9. The van der Waals surface area contributed by atoms with Crippen LogP contribution in [0.5, 0.6) is 5.75 Å². The fourth-order valence-electron chi connectivity index (χ4n) is 1.68. The van der Waals surface area contributed by atoms with Crippen LogP contribution < -0.4 is 10.1 Å². The molecule has 1 aromatic rings. The molecular weight excluding hydrogens is 356 g/mol. The number of carboxylic acid groups (broad SMARTS) is 1. The Morgan fingerprint density at radius 2 is 2.05 bits per heavy atom. The highest BCUT2D eigenvalue weighted by Crippen LogP contribution is 2.28. The zero-order valence-corrected chi connectivity index (χ0v) is 14.0. The normalized spacial score (nSPS) is 11.5. The lowest BCUT2D eigenvalue weighted by atomic mass is 10.1. The summed E-state index contributed by atoms with van der Waals surface area (Å²) in [6.07, 6.45) is 0. The van der Waals surface area contributed by atoms with Crippen LogP contribution >= 0.6 is 15.9 Å². The Morgan fingerprint density at radius 3 is 2.50 bits per heavy atom. The maximum absolute atomic E-state index is 11.8. The third-order valence-corrected chi connectivity index (χ3v) is 3.60. The second-order valence-electron chi connectivity index (χ2n) is 4.61. The molecule has 2 N–H and O–H groups in total. The van der Waals surface area contributed by atoms with Crippen LogP contribution in [0.2, 0.25) is 0 Å². The topological polar surface area (TPSA) is 95.9 Å². The Morgan fingerprint density at radius 1 is 1.41 bits per heavy atom. The van der Waals surface area contributed by atoms with Crippen molar-refractivity contribution < 1.29 is 24.2 Å². The van der Waals surface area contributed by atoms with Crippen molar-refractivity contribution in [2.75, 3.05) is 20.7 Å². The number of carbonyl (C=O) groups excluding carboxylic acids is 2. The fourth-order valence-corrected chi connectivity index (χ4v) is 2.24. The number of likely N-dealkylation sites (N-methyl/N-ethyl adjacent to an activating group) is 1. The van der Waals surface area contributed by atoms with Crippen molar-refractivity contribution in [3.05, 3.63) is 28.2 Å². The number of nitrogens with zero attached hydrogens (tertiary/aromatic N) is 1. The molecule has 0 saturated heterocycles. The molecule has 1 rings (SSSR count). The quantitative estimate of drug-likeness (QED) is 0.781. The standard InChI is InChI=1S/C14H17BrN2O5/c1-8(18)17(2)7-12(19)16-13(14(20)21)9-4-5-11(22-3)10(15)6-9/h4-6,13H,7H2,1-3H3,(H,16,19)(H,20,21). The smallest absolute Gasteiger partial charge is 0.330 e. The van der Waals surface area contributed by atoms with Crippen molar-refractivity contribution in [3.63, 3.8) is 0 Å². The predicted octanol–water partition coefficient (Wildman–Crippen LogP) is 1.18. The average Bonchev–Trinajstić information content (AvgIpc) is 2.44. The van der Waals surface area contributed by atoms with Crippen molar-refractivity contribution >= 4 is 33.7 Å². The molecule has 0 aromatic heterocycles. The number of benzene rings is 1. The zero-order valence-electron chi connectivity index (χ0n) is 12.4. The summed E-state index contributed by atoms with van der Waals surface area (Å²) in [5.41, 5.74) is 0.388. The van der Waals surface area contributed by atoms with Gasteiger partial charge in [-0.2, -0.15) is 0 Å². The van der Waals surface area contributed by atoms with Gasteiger partial charge in [-0.15, -0.1) is 0 Å². The Balaban J connectivity index is 2.90. The molecule has 120 valence electrons. The molecule has 0 aliphatic rings. The molecule has 0 saturated carbocycles. The van der Waals surface area contributed by atoms with Crippen LogP contribution in [-0.2, 0) is 14.4 Å². The Bertz CT molecular complexity index is 591. The molecule has 1 atom stereocenters. The maximum Gasteiger partial charge on any atom is 0.330 e. The Labute approximate surface area is 136 Å². The summed E-state index contributed by atoms with van der Waals surface area (Å²) in [4.78, 5) is 35.5. The Kier molecular flexibility index (Phi) is 6.36. The highest BCUT2D eigenvalue weighted by Gasteiger charge is 2.23. The minimum Gasteiger partial charge on any atom is -0.496 e. The monoisotopic (exact) mass is 372 g/mol. The molecule has 0 bridgehead atoms. The van der Waals surface area contributed by atoms with E-state index in [1.165, 1.54) is 26.0 Å². The molecule has 1 aromatic carbocycles. The van der Waals surface area contributed by atoms with Gasteiger partial charge in [-0.25, -0.2) is 4.79 Å². The molecule has 22 heavy (non-hydrogen) atoms. The van der Waals surface area contributed by atoms with Gasteiger partial charge in [-0.05, 0) is 33.6 Å². The number of amides is 2. The van der Waals surface area contributed by atoms with E-state index in [0.29, 0.717) is 15.8 Å². The van der Waals surface area contributed by atoms with Gasteiger partial charge in [-0.3, -0.25) is 9.59 Å². The molecule has 0 fully saturated rings. The third kappa shape index (κ3) is 4.73. The van der Waals surface area contributed by atoms with Crippen molar-refractivity contribution in [3.8, 4) is 5.75 Å². The number of rotatable bonds is 6. The lowest BCUT2D eigenvalue weighted by Crippen LogP contribution is -2.41. The summed E-state index contributed by atoms with van der Waals surface area (Å²) >= 11 is 3.27. The van der Waals surface area contributed by atoms with Crippen LogP contribution in [-0.4, -0.2) is 48.5 Å². The maximum atomic E-state index is 11.8. The minimum atomic E-state index is -1.21. The first-order chi connectivity index (χ1) is 10.3. The minimum absolute atomic E-state index is 0.212. The molecule has 1 unspecified atom stereocenters. The number of carboxylic acids is 1. The number of hydrogen-bond acceptors (Lipinski definition) is 4. The lowest BCUT2D eigenvalue weighted by molar-refractivity contribution is -0.142. The van der Waals surface area contributed by atoms with Gasteiger partial charge in [-0.1, -0.05) is 6.07 Å². The summed E-state index contributed by atoms with van der Waals surface area (Å²) in [5.74, 6) is -1.49. The summed E-state index contributed by atoms with van der Waals surface area (Å²) in [6, 6.07) is 3.50. The van der Waals surface area contributed by atoms with Gasteiger partial charge in [0.2, 0.25) is 11.8 Å². The number of methoxy groups -OCH3 is 1. The molecule has 0 aliphatic carbocycles. The van der Waals surface area contributed by atoms with Gasteiger partial charge in [0.05, 0.1) is 18.1 Å². The van der Waals surface area contributed by atoms with E-state index in [-0.39, 0.29) is 12.5 Å². The summed E-state index contributed by atoms with van der Waals surface area (Å²) < 4.78 is 5.65. The molecule has 0 radical (unpaired) electrons. The largest absolute Gasteiger partial charge is 0.496 e. The van der Waals surface area contributed by atoms with Gasteiger partial charge in [0.15, 0.2) is 6.04 Å². The number of carbonyl (C=O) groups is 3. The molecule has 8 heteroatoms. The van der Waals surface area contributed by atoms with Crippen LogP contribution in [0.1, 0.15) is 18.5 Å². The van der Waals surface area contributed by atoms with Crippen molar-refractivity contribution in [2.24, 2.45) is 0 Å². The molecule has 0 spiro atoms. The SMILES string of the molecule is COc1ccc(C(NC(=O)CN(C)C(C)=O)C(=O)O)cc1Br. The van der Waals surface area contributed by atoms with Crippen LogP contribution in [0.25, 0.3) is 0 Å². The van der Waals surface area contributed by atoms with Crippen LogP contribution in [0.15, 0.2) is 22.7 Å². The lowest BCUT2D eigenvalue weighted by Gasteiger charge is -2.19. The van der Waals surface area contributed by atoms with E-state index in [0.717, 1.165) is 0 Å². The molecular formula is C14H17BrN2O5. The third-order valence-electron chi connectivity index (χ3n) is 2.98. The van der Waals surface area contributed by atoms with Gasteiger partial charge in [0, 0.05) is 14.0 Å². The van der Waals surface area contributed by atoms with Crippen LogP contribution in [0.3, 0.4) is 0 Å². The van der Waals surface area contributed by atoms with Gasteiger partial charge in [0.25, 0.3) is 0 Å². The first-order valence-corrected chi connectivity index (χ1v) is 7.12. The summed E-state index contributed by atoms with van der Waals surface area (Å²) in [5, 5.41) is 11.7. The van der Waals surface area contributed by atoms with Crippen molar-refractivity contribution in [1.82, 2.24) is 10.2 Å². The van der Waals surface area contributed by atoms with Crippen LogP contribution in [0.4, 0.5) is 0 Å². The molecule has 0 aliphatic heterocycles. The van der Waals surface area contributed by atoms with Gasteiger partial charge < -0.3 is 20.1 Å². The van der Waals surface area contributed by atoms with Crippen molar-refractivity contribution in [2.45, 2.75) is 13.0 Å². The number of ether oxygens (including phenoxy) is 1. The second-order valence-corrected chi connectivity index (χ2v) is 5.46. The summed E-state index contributed by atoms with van der Waals surface area (Å²) in [7, 11) is 2.95. The average molecular weight is 373 g/mol. The first-order valence-electron chi connectivity index (χ1n) is 6.33. The molecule has 7 nitrogen and oxygen atoms in total. The van der Waals surface area contributed by atoms with E-state index in [4.69, 9.17) is 4.74 Å². The van der Waals surface area contributed by atoms with Crippen LogP contribution in [0, 0.1) is 0 Å². The molecule has 0 heterocycles. The Hall–Kier alpha value is -2.09. The van der Waals surface area contributed by atoms with E-state index >= 15 is 0 Å². The number of halogens is 1. The highest BCUT2D eigenvalue weighted by atomic mass is 79.9. The van der Waals surface area contributed by atoms with Crippen molar-refractivity contribution in [1.29, 1.82) is 0 Å². The fraction of sp³-hybridized carbons (Fsp3) is 0.357. The molecule has 2 amide bonds. The van der Waals surface area contributed by atoms with E-state index < -0.39 is 17.9 Å². The predicted molar refractivity (Wildman–Crippen MR) is 82.5 cm³/mol. The second kappa shape index (κ2) is 7.79. The highest BCUT2D eigenvalue weighted by molar-refractivity contribution is 9.10. The summed E-state index contributed by atoms with van der Waals surface area (Å²) in [6.45, 7) is 1.11. The van der Waals surface area contributed by atoms with E-state index in [1.807, 2.05) is 0 Å².